The summed E-state index contributed by atoms with van der Waals surface area (Å²) in [6.45, 7) is 2.77. The Balaban J connectivity index is 1.60. The van der Waals surface area contributed by atoms with Gasteiger partial charge in [0.2, 0.25) is 5.91 Å². The molecule has 0 spiro atoms. The average molecular weight is 405 g/mol. The van der Waals surface area contributed by atoms with Crippen LogP contribution in [-0.4, -0.2) is 47.4 Å². The lowest BCUT2D eigenvalue weighted by atomic mass is 9.96. The van der Waals surface area contributed by atoms with Crippen molar-refractivity contribution in [1.82, 2.24) is 9.88 Å². The number of esters is 1. The number of likely N-dealkylation sites (tertiary alicyclic amines) is 1. The third kappa shape index (κ3) is 4.72. The highest BCUT2D eigenvalue weighted by atomic mass is 32.1. The first-order valence-corrected chi connectivity index (χ1v) is 9.84. The molecule has 1 atom stereocenters. The van der Waals surface area contributed by atoms with Gasteiger partial charge in [-0.2, -0.15) is 0 Å². The smallest absolute Gasteiger partial charge is 0.357 e. The third-order valence-corrected chi connectivity index (χ3v) is 5.15. The topological polar surface area (TPSA) is 88.6 Å². The van der Waals surface area contributed by atoms with E-state index in [1.54, 1.807) is 11.8 Å². The number of nitrogens with one attached hydrogen (secondary N) is 1. The predicted octanol–water partition coefficient (Wildman–Crippen LogP) is 2.95. The highest BCUT2D eigenvalue weighted by Crippen LogP contribution is 2.22. The normalized spacial score (nSPS) is 16.5. The molecule has 1 saturated heterocycles. The molecule has 148 valence electrons. The molecule has 2 amide bonds. The van der Waals surface area contributed by atoms with Crippen LogP contribution in [0.4, 0.5) is 9.52 Å². The van der Waals surface area contributed by atoms with Crippen molar-refractivity contribution in [2.24, 2.45) is 5.92 Å². The second-order valence-corrected chi connectivity index (χ2v) is 7.20. The fourth-order valence-electron chi connectivity index (χ4n) is 2.99. The minimum Gasteiger partial charge on any atom is -0.461 e. The molecule has 7 nitrogen and oxygen atoms in total. The van der Waals surface area contributed by atoms with Gasteiger partial charge in [0.1, 0.15) is 5.82 Å². The van der Waals surface area contributed by atoms with E-state index in [1.165, 1.54) is 29.6 Å². The van der Waals surface area contributed by atoms with Gasteiger partial charge in [-0.1, -0.05) is 0 Å². The fourth-order valence-corrected chi connectivity index (χ4v) is 3.67. The number of amides is 2. The minimum absolute atomic E-state index is 0.152. The van der Waals surface area contributed by atoms with Gasteiger partial charge in [0, 0.05) is 24.0 Å². The van der Waals surface area contributed by atoms with Crippen LogP contribution >= 0.6 is 11.3 Å². The third-order valence-electron chi connectivity index (χ3n) is 4.39. The number of aromatic nitrogens is 1. The van der Waals surface area contributed by atoms with Gasteiger partial charge < -0.3 is 15.0 Å². The number of rotatable bonds is 5. The van der Waals surface area contributed by atoms with E-state index in [9.17, 15) is 18.8 Å². The summed E-state index contributed by atoms with van der Waals surface area (Å²) >= 11 is 1.14. The van der Waals surface area contributed by atoms with Crippen LogP contribution in [0.5, 0.6) is 0 Å². The molecule has 1 N–H and O–H groups in total. The molecule has 1 fully saturated rings. The number of carbonyl (C=O) groups is 3. The van der Waals surface area contributed by atoms with Crippen molar-refractivity contribution < 1.29 is 23.5 Å². The van der Waals surface area contributed by atoms with Crippen LogP contribution in [0.2, 0.25) is 0 Å². The highest BCUT2D eigenvalue weighted by Gasteiger charge is 2.29. The summed E-state index contributed by atoms with van der Waals surface area (Å²) in [5, 5.41) is 4.55. The Kier molecular flexibility index (Phi) is 6.35. The maximum absolute atomic E-state index is 13.1. The van der Waals surface area contributed by atoms with Crippen LogP contribution < -0.4 is 5.32 Å². The van der Waals surface area contributed by atoms with Gasteiger partial charge in [0.25, 0.3) is 5.91 Å². The molecule has 2 aromatic rings. The number of hydrogen-bond donors (Lipinski definition) is 1. The van der Waals surface area contributed by atoms with Crippen LogP contribution in [0.25, 0.3) is 0 Å². The number of piperidine rings is 1. The zero-order chi connectivity index (χ0) is 20.1. The Labute approximate surface area is 165 Å². The van der Waals surface area contributed by atoms with E-state index in [0.717, 1.165) is 11.3 Å². The molecule has 1 aliphatic rings. The average Bonchev–Trinajstić information content (AvgIpc) is 3.17. The summed E-state index contributed by atoms with van der Waals surface area (Å²) in [5.74, 6) is -1.79. The first-order valence-electron chi connectivity index (χ1n) is 8.96. The zero-order valence-electron chi connectivity index (χ0n) is 15.3. The Morgan fingerprint density at radius 1 is 1.32 bits per heavy atom. The number of ether oxygens (including phenoxy) is 1. The van der Waals surface area contributed by atoms with Crippen molar-refractivity contribution in [3.8, 4) is 0 Å². The van der Waals surface area contributed by atoms with Gasteiger partial charge in [-0.3, -0.25) is 9.59 Å². The molecule has 1 aromatic heterocycles. The van der Waals surface area contributed by atoms with E-state index in [0.29, 0.717) is 30.1 Å². The van der Waals surface area contributed by atoms with Gasteiger partial charge >= 0.3 is 5.97 Å². The summed E-state index contributed by atoms with van der Waals surface area (Å²) in [4.78, 5) is 42.5. The standard InChI is InChI=1S/C19H20FN3O4S/c1-2-27-18(26)15-11-28-19(21-15)22-16(24)13-4-3-9-23(10-13)17(25)12-5-7-14(20)8-6-12/h5-8,11,13H,2-4,9-10H2,1H3,(H,21,22,24)/t13-/m0/s1. The minimum atomic E-state index is -0.534. The van der Waals surface area contributed by atoms with E-state index in [1.807, 2.05) is 0 Å². The van der Waals surface area contributed by atoms with Crippen molar-refractivity contribution in [2.75, 3.05) is 25.0 Å². The molecule has 1 aliphatic heterocycles. The SMILES string of the molecule is CCOC(=O)c1csc(NC(=O)[C@H]2CCCN(C(=O)c3ccc(F)cc3)C2)n1. The fraction of sp³-hybridized carbons (Fsp3) is 0.368. The van der Waals surface area contributed by atoms with Crippen molar-refractivity contribution in [1.29, 1.82) is 0 Å². The summed E-state index contributed by atoms with van der Waals surface area (Å²) in [6.07, 6.45) is 1.34. The second kappa shape index (κ2) is 8.92. The number of nitrogens with zero attached hydrogens (tertiary/aromatic N) is 2. The van der Waals surface area contributed by atoms with Gasteiger partial charge in [0.05, 0.1) is 12.5 Å². The van der Waals surface area contributed by atoms with Crippen molar-refractivity contribution in [3.63, 3.8) is 0 Å². The lowest BCUT2D eigenvalue weighted by Gasteiger charge is -2.32. The molecular formula is C19H20FN3O4S. The number of hydrogen-bond acceptors (Lipinski definition) is 6. The molecule has 1 aromatic carbocycles. The molecule has 3 rings (SSSR count). The summed E-state index contributed by atoms with van der Waals surface area (Å²) in [6, 6.07) is 5.36. The number of carbonyl (C=O) groups excluding carboxylic acids is 3. The molecule has 0 unspecified atom stereocenters. The Morgan fingerprint density at radius 3 is 2.79 bits per heavy atom. The first-order chi connectivity index (χ1) is 13.5. The van der Waals surface area contributed by atoms with Crippen molar-refractivity contribution >= 4 is 34.3 Å². The Bertz CT molecular complexity index is 868. The Hall–Kier alpha value is -2.81. The molecule has 0 radical (unpaired) electrons. The maximum Gasteiger partial charge on any atom is 0.357 e. The maximum atomic E-state index is 13.1. The summed E-state index contributed by atoms with van der Waals surface area (Å²) in [5.41, 5.74) is 0.542. The molecule has 28 heavy (non-hydrogen) atoms. The zero-order valence-corrected chi connectivity index (χ0v) is 16.1. The van der Waals surface area contributed by atoms with Crippen molar-refractivity contribution in [2.45, 2.75) is 19.8 Å². The largest absolute Gasteiger partial charge is 0.461 e. The van der Waals surface area contributed by atoms with E-state index < -0.39 is 11.8 Å². The van der Waals surface area contributed by atoms with Gasteiger partial charge in [-0.15, -0.1) is 11.3 Å². The van der Waals surface area contributed by atoms with Crippen LogP contribution in [-0.2, 0) is 9.53 Å². The molecule has 2 heterocycles. The van der Waals surface area contributed by atoms with E-state index >= 15 is 0 Å². The van der Waals surface area contributed by atoms with E-state index in [4.69, 9.17) is 4.74 Å². The molecule has 0 bridgehead atoms. The lowest BCUT2D eigenvalue weighted by Crippen LogP contribution is -2.43. The quantitative estimate of drug-likeness (QED) is 0.773. The van der Waals surface area contributed by atoms with Crippen LogP contribution in [0.3, 0.4) is 0 Å². The monoisotopic (exact) mass is 405 g/mol. The number of anilines is 1. The van der Waals surface area contributed by atoms with E-state index in [-0.39, 0.29) is 36.6 Å². The van der Waals surface area contributed by atoms with E-state index in [2.05, 4.69) is 10.3 Å². The first kappa shape index (κ1) is 19.9. The molecule has 9 heteroatoms. The van der Waals surface area contributed by atoms with Gasteiger partial charge in [-0.25, -0.2) is 14.2 Å². The Morgan fingerprint density at radius 2 is 2.07 bits per heavy atom. The molecule has 0 saturated carbocycles. The van der Waals surface area contributed by atoms with Gasteiger partial charge in [0.15, 0.2) is 10.8 Å². The van der Waals surface area contributed by atoms with Gasteiger partial charge in [-0.05, 0) is 44.0 Å². The number of benzene rings is 1. The lowest BCUT2D eigenvalue weighted by molar-refractivity contribution is -0.121. The molecular weight excluding hydrogens is 385 g/mol. The van der Waals surface area contributed by atoms with Crippen LogP contribution in [0.1, 0.15) is 40.6 Å². The molecule has 0 aliphatic carbocycles. The van der Waals surface area contributed by atoms with Crippen LogP contribution in [0, 0.1) is 11.7 Å². The summed E-state index contributed by atoms with van der Waals surface area (Å²) < 4.78 is 17.9. The summed E-state index contributed by atoms with van der Waals surface area (Å²) in [7, 11) is 0. The number of halogens is 1. The van der Waals surface area contributed by atoms with Crippen molar-refractivity contribution in [3.05, 3.63) is 46.7 Å². The predicted molar refractivity (Wildman–Crippen MR) is 102 cm³/mol. The highest BCUT2D eigenvalue weighted by molar-refractivity contribution is 7.14. The van der Waals surface area contributed by atoms with Crippen LogP contribution in [0.15, 0.2) is 29.6 Å². The second-order valence-electron chi connectivity index (χ2n) is 6.34. The number of thiazole rings is 1.